The van der Waals surface area contributed by atoms with Crippen molar-refractivity contribution in [1.29, 1.82) is 0 Å². The van der Waals surface area contributed by atoms with E-state index in [2.05, 4.69) is 162 Å². The number of hydrogen-bond acceptors (Lipinski definition) is 4. The van der Waals surface area contributed by atoms with Crippen LogP contribution in [0, 0.1) is 13.8 Å². The largest absolute Gasteiger partial charge is 0.497 e. The van der Waals surface area contributed by atoms with Crippen LogP contribution < -0.4 is 30.2 Å². The van der Waals surface area contributed by atoms with Crippen LogP contribution in [-0.2, 0) is 10.8 Å². The normalized spacial score (nSPS) is 13.8. The molecule has 0 fully saturated rings. The zero-order chi connectivity index (χ0) is 33.7. The number of nitrogens with zero attached hydrogens (tertiary/aromatic N) is 2. The second-order valence-electron chi connectivity index (χ2n) is 15.7. The van der Waals surface area contributed by atoms with Gasteiger partial charge in [0.05, 0.1) is 12.8 Å². The molecule has 48 heavy (non-hydrogen) atoms. The molecule has 0 bridgehead atoms. The van der Waals surface area contributed by atoms with E-state index in [0.717, 1.165) is 17.1 Å². The van der Waals surface area contributed by atoms with E-state index in [1.54, 1.807) is 7.11 Å². The maximum absolute atomic E-state index is 6.12. The van der Waals surface area contributed by atoms with Crippen LogP contribution in [0.25, 0.3) is 10.1 Å². The number of anilines is 6. The van der Waals surface area contributed by atoms with Crippen molar-refractivity contribution >= 4 is 78.0 Å². The first-order valence-electron chi connectivity index (χ1n) is 17.0. The van der Waals surface area contributed by atoms with Crippen LogP contribution in [0.3, 0.4) is 0 Å². The molecule has 3 heterocycles. The highest BCUT2D eigenvalue weighted by Crippen LogP contribution is 2.49. The molecule has 0 radical (unpaired) electrons. The molecule has 5 aromatic carbocycles. The van der Waals surface area contributed by atoms with Crippen LogP contribution in [0.15, 0.2) is 97.1 Å². The highest BCUT2D eigenvalue weighted by atomic mass is 32.1. The molecule has 0 saturated carbocycles. The molecule has 0 unspecified atom stereocenters. The van der Waals surface area contributed by atoms with Crippen LogP contribution in [-0.4, -0.2) is 13.8 Å². The summed E-state index contributed by atoms with van der Waals surface area (Å²) in [6, 6.07) is 36.8. The van der Waals surface area contributed by atoms with Gasteiger partial charge in [-0.2, -0.15) is 0 Å². The van der Waals surface area contributed by atoms with E-state index in [4.69, 9.17) is 4.74 Å². The summed E-state index contributed by atoms with van der Waals surface area (Å²) in [4.78, 5) is 4.98. The van der Waals surface area contributed by atoms with Crippen molar-refractivity contribution in [3.05, 3.63) is 119 Å². The predicted molar refractivity (Wildman–Crippen MR) is 209 cm³/mol. The van der Waals surface area contributed by atoms with Crippen LogP contribution >= 0.6 is 11.3 Å². The molecule has 3 nitrogen and oxygen atoms in total. The summed E-state index contributed by atoms with van der Waals surface area (Å²) in [7, 11) is 1.79. The lowest BCUT2D eigenvalue weighted by molar-refractivity contribution is 0.415. The lowest BCUT2D eigenvalue weighted by Crippen LogP contribution is -2.60. The Labute approximate surface area is 289 Å². The molecule has 0 amide bonds. The molecule has 0 spiro atoms. The maximum atomic E-state index is 6.12. The first-order valence-corrected chi connectivity index (χ1v) is 17.8. The average molecular weight is 647 g/mol. The minimum absolute atomic E-state index is 0.0723. The average Bonchev–Trinajstić information content (AvgIpc) is 3.42. The highest BCUT2D eigenvalue weighted by molar-refractivity contribution is 7.33. The fourth-order valence-electron chi connectivity index (χ4n) is 7.56. The van der Waals surface area contributed by atoms with Crippen molar-refractivity contribution in [3.8, 4) is 5.75 Å². The SMILES string of the molecule is COc1cc2c3c(c1)N(c1ccc(C(C)(C)C)cc1)c1c(sc4ccc(C)cc14)B3c1ccc(C)cc1N2c1ccc(C(C)(C)C)cc1. The number of benzene rings is 5. The monoisotopic (exact) mass is 646 g/mol. The third-order valence-electron chi connectivity index (χ3n) is 10.2. The van der Waals surface area contributed by atoms with Crippen molar-refractivity contribution in [2.75, 3.05) is 16.9 Å². The number of fused-ring (bicyclic) bond motifs is 6. The van der Waals surface area contributed by atoms with Gasteiger partial charge in [-0.15, -0.1) is 11.3 Å². The molecule has 0 aliphatic carbocycles. The van der Waals surface area contributed by atoms with Crippen molar-refractivity contribution in [2.24, 2.45) is 0 Å². The summed E-state index contributed by atoms with van der Waals surface area (Å²) in [5.74, 6) is 0.852. The Balaban J connectivity index is 1.46. The smallest absolute Gasteiger partial charge is 0.264 e. The molecule has 0 atom stereocenters. The van der Waals surface area contributed by atoms with Crippen molar-refractivity contribution in [2.45, 2.75) is 66.2 Å². The standard InChI is InChI=1S/C43H43BN2OS/c1-26-11-21-38-33(22-26)40-41(48-38)44-34-20-10-27(2)23-35(34)45(30-16-12-28(13-17-30)42(3,4)5)36-24-32(47-9)25-37(39(36)44)46(40)31-18-14-29(15-19-31)43(6,7)8/h10-25H,1-9H3. The van der Waals surface area contributed by atoms with Gasteiger partial charge in [-0.1, -0.05) is 89.6 Å². The number of methoxy groups -OCH3 is 1. The van der Waals surface area contributed by atoms with E-state index in [-0.39, 0.29) is 17.5 Å². The van der Waals surface area contributed by atoms with Gasteiger partial charge in [-0.3, -0.25) is 0 Å². The third-order valence-corrected chi connectivity index (χ3v) is 11.4. The van der Waals surface area contributed by atoms with Gasteiger partial charge in [0.15, 0.2) is 0 Å². The fourth-order valence-corrected chi connectivity index (χ4v) is 8.86. The van der Waals surface area contributed by atoms with Crippen LogP contribution in [0.2, 0.25) is 0 Å². The molecule has 5 heteroatoms. The van der Waals surface area contributed by atoms with E-state index >= 15 is 0 Å². The quantitative estimate of drug-likeness (QED) is 0.178. The van der Waals surface area contributed by atoms with Crippen LogP contribution in [0.1, 0.15) is 63.8 Å². The molecular formula is C43H43BN2OS. The summed E-state index contributed by atoms with van der Waals surface area (Å²) in [6.45, 7) is 18.2. The Bertz CT molecular complexity index is 2220. The second-order valence-corrected chi connectivity index (χ2v) is 16.7. The molecule has 6 aromatic rings. The molecule has 8 rings (SSSR count). The minimum Gasteiger partial charge on any atom is -0.497 e. The van der Waals surface area contributed by atoms with Gasteiger partial charge < -0.3 is 14.5 Å². The number of rotatable bonds is 3. The number of thiophene rings is 1. The Morgan fingerprint density at radius 1 is 0.604 bits per heavy atom. The van der Waals surface area contributed by atoms with Gasteiger partial charge in [-0.05, 0) is 94.8 Å². The Morgan fingerprint density at radius 2 is 1.15 bits per heavy atom. The van der Waals surface area contributed by atoms with E-state index in [1.807, 2.05) is 11.3 Å². The first-order chi connectivity index (χ1) is 22.8. The van der Waals surface area contributed by atoms with E-state index in [9.17, 15) is 0 Å². The first kappa shape index (κ1) is 30.8. The minimum atomic E-state index is 0.0723. The van der Waals surface area contributed by atoms with Gasteiger partial charge >= 0.3 is 0 Å². The summed E-state index contributed by atoms with van der Waals surface area (Å²) in [5.41, 5.74) is 15.2. The van der Waals surface area contributed by atoms with E-state index in [0.29, 0.717) is 0 Å². The second kappa shape index (κ2) is 10.8. The van der Waals surface area contributed by atoms with Gasteiger partial charge in [0, 0.05) is 55.4 Å². The fraction of sp³-hybridized carbons (Fsp3) is 0.256. The Hall–Kier alpha value is -4.48. The molecule has 2 aliphatic heterocycles. The zero-order valence-electron chi connectivity index (χ0n) is 29.5. The molecule has 2 aliphatic rings. The Kier molecular flexibility index (Phi) is 6.92. The summed E-state index contributed by atoms with van der Waals surface area (Å²) in [6.07, 6.45) is 0. The van der Waals surface area contributed by atoms with Gasteiger partial charge in [0.1, 0.15) is 5.75 Å². The lowest BCUT2D eigenvalue weighted by atomic mass is 9.36. The van der Waals surface area contributed by atoms with Gasteiger partial charge in [0.2, 0.25) is 0 Å². The zero-order valence-corrected chi connectivity index (χ0v) is 30.3. The van der Waals surface area contributed by atoms with E-state index < -0.39 is 0 Å². The summed E-state index contributed by atoms with van der Waals surface area (Å²) >= 11 is 1.94. The van der Waals surface area contributed by atoms with Gasteiger partial charge in [0.25, 0.3) is 6.71 Å². The molecule has 1 aromatic heterocycles. The van der Waals surface area contributed by atoms with Gasteiger partial charge in [-0.25, -0.2) is 0 Å². The summed E-state index contributed by atoms with van der Waals surface area (Å²) in [5, 5.41) is 1.30. The molecule has 0 N–H and O–H groups in total. The molecular weight excluding hydrogens is 603 g/mol. The van der Waals surface area contributed by atoms with Crippen molar-refractivity contribution in [3.63, 3.8) is 0 Å². The van der Waals surface area contributed by atoms with Crippen LogP contribution in [0.4, 0.5) is 34.1 Å². The highest BCUT2D eigenvalue weighted by Gasteiger charge is 2.45. The number of hydrogen-bond donors (Lipinski definition) is 0. The summed E-state index contributed by atoms with van der Waals surface area (Å²) < 4.78 is 8.82. The number of aryl methyl sites for hydroxylation is 2. The van der Waals surface area contributed by atoms with Crippen LogP contribution in [0.5, 0.6) is 5.75 Å². The van der Waals surface area contributed by atoms with E-state index in [1.165, 1.54) is 70.8 Å². The third kappa shape index (κ3) is 4.77. The lowest BCUT2D eigenvalue weighted by Gasteiger charge is -2.43. The Morgan fingerprint density at radius 3 is 1.73 bits per heavy atom. The number of ether oxygens (including phenoxy) is 1. The molecule has 240 valence electrons. The maximum Gasteiger partial charge on any atom is 0.264 e. The predicted octanol–water partition coefficient (Wildman–Crippen LogP) is 10.2. The van der Waals surface area contributed by atoms with Crippen molar-refractivity contribution in [1.82, 2.24) is 0 Å². The molecule has 0 saturated heterocycles. The van der Waals surface area contributed by atoms with Crippen molar-refractivity contribution < 1.29 is 4.74 Å². The topological polar surface area (TPSA) is 15.7 Å².